The van der Waals surface area contributed by atoms with Crippen LogP contribution in [-0.2, 0) is 0 Å². The van der Waals surface area contributed by atoms with Crippen LogP contribution in [0.4, 0.5) is 0 Å². The summed E-state index contributed by atoms with van der Waals surface area (Å²) in [5.41, 5.74) is 1.68. The van der Waals surface area contributed by atoms with E-state index < -0.39 is 0 Å². The third-order valence-corrected chi connectivity index (χ3v) is 5.12. The summed E-state index contributed by atoms with van der Waals surface area (Å²) >= 11 is 25.8. The first-order chi connectivity index (χ1) is 11.5. The Bertz CT molecular complexity index is 591. The Kier molecular flexibility index (Phi) is 7.67. The molecule has 0 spiro atoms. The van der Waals surface area contributed by atoms with Gasteiger partial charge < -0.3 is 10.6 Å². The standard InChI is InChI=1S/C18H20Cl4N2/c1-3-23-17(15-11(19)7-5-8-12(15)20)18(24-4-2)16-13(21)9-6-10-14(16)22/h5-10,17-18,23-24H,3-4H2,1-2H3/t17-,18+. The van der Waals surface area contributed by atoms with E-state index >= 15 is 0 Å². The summed E-state index contributed by atoms with van der Waals surface area (Å²) in [7, 11) is 0. The van der Waals surface area contributed by atoms with Crippen molar-refractivity contribution in [3.05, 3.63) is 67.6 Å². The number of halogens is 4. The van der Waals surface area contributed by atoms with Gasteiger partial charge in [0.2, 0.25) is 0 Å². The minimum Gasteiger partial charge on any atom is -0.309 e. The minimum atomic E-state index is -0.173. The lowest BCUT2D eigenvalue weighted by molar-refractivity contribution is 0.398. The lowest BCUT2D eigenvalue weighted by Crippen LogP contribution is -2.36. The molecule has 0 unspecified atom stereocenters. The average Bonchev–Trinajstić information content (AvgIpc) is 2.53. The van der Waals surface area contributed by atoms with Gasteiger partial charge in [-0.2, -0.15) is 0 Å². The summed E-state index contributed by atoms with van der Waals surface area (Å²) in [6.45, 7) is 5.57. The van der Waals surface area contributed by atoms with Crippen molar-refractivity contribution in [2.45, 2.75) is 25.9 Å². The van der Waals surface area contributed by atoms with Gasteiger partial charge in [-0.05, 0) is 37.4 Å². The Balaban J connectivity index is 2.60. The number of rotatable bonds is 7. The summed E-state index contributed by atoms with van der Waals surface area (Å²) in [6.07, 6.45) is 0. The molecule has 0 amide bonds. The van der Waals surface area contributed by atoms with E-state index in [4.69, 9.17) is 46.4 Å². The molecule has 0 bridgehead atoms. The van der Waals surface area contributed by atoms with Gasteiger partial charge in [0.25, 0.3) is 0 Å². The molecule has 130 valence electrons. The van der Waals surface area contributed by atoms with E-state index in [2.05, 4.69) is 10.6 Å². The van der Waals surface area contributed by atoms with Gasteiger partial charge in [-0.15, -0.1) is 0 Å². The van der Waals surface area contributed by atoms with Crippen LogP contribution in [-0.4, -0.2) is 13.1 Å². The molecule has 0 saturated carbocycles. The highest BCUT2D eigenvalue weighted by Gasteiger charge is 2.30. The van der Waals surface area contributed by atoms with Crippen molar-refractivity contribution in [1.82, 2.24) is 10.6 Å². The maximum atomic E-state index is 6.45. The Morgan fingerprint density at radius 2 is 0.958 bits per heavy atom. The first kappa shape index (κ1) is 19.8. The molecule has 2 aromatic carbocycles. The van der Waals surface area contributed by atoms with Gasteiger partial charge in [0, 0.05) is 31.2 Å². The fourth-order valence-electron chi connectivity index (χ4n) is 2.83. The monoisotopic (exact) mass is 404 g/mol. The van der Waals surface area contributed by atoms with Crippen LogP contribution in [0.25, 0.3) is 0 Å². The molecule has 24 heavy (non-hydrogen) atoms. The molecular weight excluding hydrogens is 386 g/mol. The van der Waals surface area contributed by atoms with Gasteiger partial charge in [-0.1, -0.05) is 72.4 Å². The molecule has 2 aromatic rings. The third kappa shape index (κ3) is 4.37. The van der Waals surface area contributed by atoms with E-state index in [1.807, 2.05) is 50.2 Å². The van der Waals surface area contributed by atoms with Gasteiger partial charge in [0.15, 0.2) is 0 Å². The fraction of sp³-hybridized carbons (Fsp3) is 0.333. The molecule has 0 aliphatic carbocycles. The molecular formula is C18H20Cl4N2. The highest BCUT2D eigenvalue weighted by molar-refractivity contribution is 6.37. The molecule has 2 atom stereocenters. The smallest absolute Gasteiger partial charge is 0.0549 e. The largest absolute Gasteiger partial charge is 0.309 e. The molecule has 0 radical (unpaired) electrons. The van der Waals surface area contributed by atoms with E-state index in [-0.39, 0.29) is 12.1 Å². The van der Waals surface area contributed by atoms with Crippen molar-refractivity contribution in [2.24, 2.45) is 0 Å². The second-order valence-electron chi connectivity index (χ2n) is 5.34. The van der Waals surface area contributed by atoms with Crippen LogP contribution in [0.1, 0.15) is 37.1 Å². The second kappa shape index (κ2) is 9.28. The molecule has 2 N–H and O–H groups in total. The first-order valence-corrected chi connectivity index (χ1v) is 9.37. The number of nitrogens with one attached hydrogen (secondary N) is 2. The van der Waals surface area contributed by atoms with Crippen LogP contribution < -0.4 is 10.6 Å². The number of hydrogen-bond acceptors (Lipinski definition) is 2. The van der Waals surface area contributed by atoms with Gasteiger partial charge in [0.1, 0.15) is 0 Å². The van der Waals surface area contributed by atoms with Crippen LogP contribution in [0.15, 0.2) is 36.4 Å². The van der Waals surface area contributed by atoms with E-state index in [0.717, 1.165) is 24.2 Å². The Morgan fingerprint density at radius 3 is 1.21 bits per heavy atom. The second-order valence-corrected chi connectivity index (χ2v) is 6.97. The Labute approximate surface area is 163 Å². The van der Waals surface area contributed by atoms with Crippen molar-refractivity contribution in [2.75, 3.05) is 13.1 Å². The molecule has 0 aliphatic heterocycles. The predicted octanol–water partition coefficient (Wildman–Crippen LogP) is 6.30. The topological polar surface area (TPSA) is 24.1 Å². The van der Waals surface area contributed by atoms with Crippen molar-refractivity contribution in [3.63, 3.8) is 0 Å². The van der Waals surface area contributed by atoms with Crippen molar-refractivity contribution >= 4 is 46.4 Å². The Morgan fingerprint density at radius 1 is 0.667 bits per heavy atom. The van der Waals surface area contributed by atoms with E-state index in [1.54, 1.807) is 0 Å². The maximum absolute atomic E-state index is 6.45. The van der Waals surface area contributed by atoms with Crippen molar-refractivity contribution < 1.29 is 0 Å². The van der Waals surface area contributed by atoms with Crippen LogP contribution in [0.5, 0.6) is 0 Å². The molecule has 0 aliphatic rings. The zero-order valence-corrected chi connectivity index (χ0v) is 16.6. The van der Waals surface area contributed by atoms with E-state index in [9.17, 15) is 0 Å². The molecule has 0 heterocycles. The summed E-state index contributed by atoms with van der Waals surface area (Å²) in [5.74, 6) is 0. The maximum Gasteiger partial charge on any atom is 0.0549 e. The molecule has 0 fully saturated rings. The van der Waals surface area contributed by atoms with Crippen LogP contribution in [0.3, 0.4) is 0 Å². The summed E-state index contributed by atoms with van der Waals surface area (Å²) in [6, 6.07) is 10.7. The van der Waals surface area contributed by atoms with Crippen molar-refractivity contribution in [3.8, 4) is 0 Å². The normalized spacial score (nSPS) is 13.8. The lowest BCUT2D eigenvalue weighted by atomic mass is 9.92. The average molecular weight is 406 g/mol. The summed E-state index contributed by atoms with van der Waals surface area (Å²) in [4.78, 5) is 0. The number of benzene rings is 2. The summed E-state index contributed by atoms with van der Waals surface area (Å²) in [5, 5.41) is 9.38. The fourth-order valence-corrected chi connectivity index (χ4v) is 4.09. The number of likely N-dealkylation sites (N-methyl/N-ethyl adjacent to an activating group) is 2. The molecule has 0 saturated heterocycles. The molecule has 2 nitrogen and oxygen atoms in total. The van der Waals surface area contributed by atoms with Crippen LogP contribution in [0.2, 0.25) is 20.1 Å². The van der Waals surface area contributed by atoms with Crippen LogP contribution in [0, 0.1) is 0 Å². The van der Waals surface area contributed by atoms with Gasteiger partial charge in [-0.3, -0.25) is 0 Å². The van der Waals surface area contributed by atoms with Gasteiger partial charge in [0.05, 0.1) is 12.1 Å². The molecule has 0 aromatic heterocycles. The SMILES string of the molecule is CCN[C@H](c1c(Cl)cccc1Cl)[C@@H](NCC)c1c(Cl)cccc1Cl. The Hall–Kier alpha value is -0.480. The highest BCUT2D eigenvalue weighted by Crippen LogP contribution is 2.41. The quantitative estimate of drug-likeness (QED) is 0.564. The lowest BCUT2D eigenvalue weighted by Gasteiger charge is -2.31. The van der Waals surface area contributed by atoms with Gasteiger partial charge in [-0.25, -0.2) is 0 Å². The summed E-state index contributed by atoms with van der Waals surface area (Å²) < 4.78 is 0. The third-order valence-electron chi connectivity index (χ3n) is 3.80. The number of hydrogen-bond donors (Lipinski definition) is 2. The van der Waals surface area contributed by atoms with E-state index in [0.29, 0.717) is 20.1 Å². The highest BCUT2D eigenvalue weighted by atomic mass is 35.5. The molecule has 2 rings (SSSR count). The zero-order valence-electron chi connectivity index (χ0n) is 13.5. The minimum absolute atomic E-state index is 0.173. The van der Waals surface area contributed by atoms with Crippen LogP contribution >= 0.6 is 46.4 Å². The predicted molar refractivity (Wildman–Crippen MR) is 106 cm³/mol. The van der Waals surface area contributed by atoms with Gasteiger partial charge >= 0.3 is 0 Å². The zero-order chi connectivity index (χ0) is 17.7. The first-order valence-electron chi connectivity index (χ1n) is 7.85. The molecule has 6 heteroatoms. The van der Waals surface area contributed by atoms with Crippen molar-refractivity contribution in [1.29, 1.82) is 0 Å². The van der Waals surface area contributed by atoms with E-state index in [1.165, 1.54) is 0 Å².